The van der Waals surface area contributed by atoms with Gasteiger partial charge >= 0.3 is 0 Å². The quantitative estimate of drug-likeness (QED) is 0.672. The van der Waals surface area contributed by atoms with Gasteiger partial charge in [-0.05, 0) is 50.0 Å². The van der Waals surface area contributed by atoms with E-state index in [1.807, 2.05) is 0 Å². The lowest BCUT2D eigenvalue weighted by atomic mass is 9.77. The van der Waals surface area contributed by atoms with Crippen LogP contribution >= 0.6 is 0 Å². The first-order chi connectivity index (χ1) is 7.18. The molecule has 0 aromatic carbocycles. The van der Waals surface area contributed by atoms with Crippen molar-refractivity contribution in [3.05, 3.63) is 0 Å². The summed E-state index contributed by atoms with van der Waals surface area (Å²) in [4.78, 5) is 2.79. The lowest BCUT2D eigenvalue weighted by Crippen LogP contribution is -2.47. The van der Waals surface area contributed by atoms with Crippen molar-refractivity contribution in [2.45, 2.75) is 58.9 Å². The maximum atomic E-state index is 2.79. The number of nitrogens with zero attached hydrogens (tertiary/aromatic N) is 1. The van der Waals surface area contributed by atoms with Crippen LogP contribution in [0.5, 0.6) is 0 Å². The van der Waals surface area contributed by atoms with Crippen LogP contribution in [0.3, 0.4) is 0 Å². The highest BCUT2D eigenvalue weighted by molar-refractivity contribution is 4.86. The SMILES string of the molecule is CC(C)C(C)C1CCC2CCCCN2C1. The van der Waals surface area contributed by atoms with E-state index in [9.17, 15) is 0 Å². The van der Waals surface area contributed by atoms with Crippen LogP contribution < -0.4 is 0 Å². The van der Waals surface area contributed by atoms with Gasteiger partial charge in [0.2, 0.25) is 0 Å². The summed E-state index contributed by atoms with van der Waals surface area (Å²) in [5.41, 5.74) is 0. The van der Waals surface area contributed by atoms with Crippen molar-refractivity contribution in [2.24, 2.45) is 17.8 Å². The van der Waals surface area contributed by atoms with Crippen LogP contribution in [0.2, 0.25) is 0 Å². The third-order valence-electron chi connectivity index (χ3n) is 4.88. The van der Waals surface area contributed by atoms with Gasteiger partial charge in [-0.2, -0.15) is 0 Å². The predicted molar refractivity (Wildman–Crippen MR) is 65.9 cm³/mol. The van der Waals surface area contributed by atoms with Gasteiger partial charge in [-0.15, -0.1) is 0 Å². The fraction of sp³-hybridized carbons (Fsp3) is 1.00. The number of hydrogen-bond donors (Lipinski definition) is 0. The van der Waals surface area contributed by atoms with Crippen LogP contribution in [0.1, 0.15) is 52.9 Å². The Morgan fingerprint density at radius 1 is 1.00 bits per heavy atom. The van der Waals surface area contributed by atoms with Gasteiger partial charge in [0, 0.05) is 12.6 Å². The molecular weight excluding hydrogens is 182 g/mol. The lowest BCUT2D eigenvalue weighted by Gasteiger charge is -2.45. The summed E-state index contributed by atoms with van der Waals surface area (Å²) >= 11 is 0. The Hall–Kier alpha value is -0.0400. The van der Waals surface area contributed by atoms with E-state index in [1.165, 1.54) is 45.2 Å². The molecule has 0 aliphatic carbocycles. The van der Waals surface area contributed by atoms with Crippen LogP contribution in [0, 0.1) is 17.8 Å². The highest BCUT2D eigenvalue weighted by Gasteiger charge is 2.32. The van der Waals surface area contributed by atoms with E-state index >= 15 is 0 Å². The minimum atomic E-state index is 0.858. The van der Waals surface area contributed by atoms with Gasteiger partial charge in [0.15, 0.2) is 0 Å². The molecule has 0 spiro atoms. The molecule has 2 fully saturated rings. The standard InChI is InChI=1S/C14H27N/c1-11(2)12(3)13-7-8-14-6-4-5-9-15(14)10-13/h11-14H,4-10H2,1-3H3. The Morgan fingerprint density at radius 3 is 2.53 bits per heavy atom. The zero-order valence-corrected chi connectivity index (χ0v) is 10.7. The summed E-state index contributed by atoms with van der Waals surface area (Å²) < 4.78 is 0. The average Bonchev–Trinajstić information content (AvgIpc) is 2.27. The molecule has 2 aliphatic rings. The van der Waals surface area contributed by atoms with Crippen LogP contribution in [-0.2, 0) is 0 Å². The molecule has 0 amide bonds. The molecule has 0 N–H and O–H groups in total. The van der Waals surface area contributed by atoms with Crippen LogP contribution in [0.4, 0.5) is 0 Å². The fourth-order valence-corrected chi connectivity index (χ4v) is 3.40. The molecule has 2 heterocycles. The van der Waals surface area contributed by atoms with E-state index in [2.05, 4.69) is 25.7 Å². The van der Waals surface area contributed by atoms with Crippen molar-refractivity contribution in [3.8, 4) is 0 Å². The van der Waals surface area contributed by atoms with Gasteiger partial charge in [0.25, 0.3) is 0 Å². The monoisotopic (exact) mass is 209 g/mol. The Labute approximate surface area is 95.2 Å². The molecule has 2 saturated heterocycles. The van der Waals surface area contributed by atoms with Crippen LogP contribution in [0.15, 0.2) is 0 Å². The number of hydrogen-bond acceptors (Lipinski definition) is 1. The molecule has 3 unspecified atom stereocenters. The third-order valence-corrected chi connectivity index (χ3v) is 4.88. The fourth-order valence-electron chi connectivity index (χ4n) is 3.40. The van der Waals surface area contributed by atoms with Crippen molar-refractivity contribution in [3.63, 3.8) is 0 Å². The molecule has 0 radical (unpaired) electrons. The van der Waals surface area contributed by atoms with Crippen LogP contribution in [-0.4, -0.2) is 24.0 Å². The first kappa shape index (κ1) is 11.4. The summed E-state index contributed by atoms with van der Waals surface area (Å²) in [7, 11) is 0. The molecule has 2 rings (SSSR count). The predicted octanol–water partition coefficient (Wildman–Crippen LogP) is 3.54. The minimum absolute atomic E-state index is 0.858. The summed E-state index contributed by atoms with van der Waals surface area (Å²) in [6.45, 7) is 10.00. The summed E-state index contributed by atoms with van der Waals surface area (Å²) in [5, 5.41) is 0. The Bertz CT molecular complexity index is 200. The number of piperidine rings is 2. The largest absolute Gasteiger partial charge is 0.300 e. The second kappa shape index (κ2) is 4.86. The second-order valence-corrected chi connectivity index (χ2v) is 6.09. The maximum absolute atomic E-state index is 2.79. The molecule has 0 saturated carbocycles. The van der Waals surface area contributed by atoms with Gasteiger partial charge in [-0.1, -0.05) is 27.2 Å². The topological polar surface area (TPSA) is 3.24 Å². The third kappa shape index (κ3) is 2.55. The van der Waals surface area contributed by atoms with Gasteiger partial charge in [0.1, 0.15) is 0 Å². The van der Waals surface area contributed by atoms with E-state index < -0.39 is 0 Å². The number of fused-ring (bicyclic) bond motifs is 1. The molecule has 2 aliphatic heterocycles. The van der Waals surface area contributed by atoms with Crippen molar-refractivity contribution >= 4 is 0 Å². The number of rotatable bonds is 2. The second-order valence-electron chi connectivity index (χ2n) is 6.09. The van der Waals surface area contributed by atoms with E-state index in [0.29, 0.717) is 0 Å². The maximum Gasteiger partial charge on any atom is 0.00954 e. The van der Waals surface area contributed by atoms with E-state index in [-0.39, 0.29) is 0 Å². The first-order valence-electron chi connectivity index (χ1n) is 6.92. The Kier molecular flexibility index (Phi) is 3.71. The first-order valence-corrected chi connectivity index (χ1v) is 6.92. The zero-order valence-electron chi connectivity index (χ0n) is 10.7. The zero-order chi connectivity index (χ0) is 10.8. The molecule has 1 heteroatoms. The minimum Gasteiger partial charge on any atom is -0.300 e. The molecule has 15 heavy (non-hydrogen) atoms. The highest BCUT2D eigenvalue weighted by Crippen LogP contribution is 2.34. The smallest absolute Gasteiger partial charge is 0.00954 e. The van der Waals surface area contributed by atoms with E-state index in [1.54, 1.807) is 0 Å². The van der Waals surface area contributed by atoms with Crippen LogP contribution in [0.25, 0.3) is 0 Å². The molecule has 3 atom stereocenters. The van der Waals surface area contributed by atoms with Crippen molar-refractivity contribution in [1.82, 2.24) is 4.90 Å². The molecule has 0 aromatic heterocycles. The van der Waals surface area contributed by atoms with E-state index in [4.69, 9.17) is 0 Å². The summed E-state index contributed by atoms with van der Waals surface area (Å²) in [6, 6.07) is 0.953. The van der Waals surface area contributed by atoms with Gasteiger partial charge in [-0.25, -0.2) is 0 Å². The Morgan fingerprint density at radius 2 is 1.80 bits per heavy atom. The van der Waals surface area contributed by atoms with E-state index in [0.717, 1.165) is 23.8 Å². The van der Waals surface area contributed by atoms with Crippen molar-refractivity contribution in [1.29, 1.82) is 0 Å². The average molecular weight is 209 g/mol. The van der Waals surface area contributed by atoms with Crippen molar-refractivity contribution in [2.75, 3.05) is 13.1 Å². The van der Waals surface area contributed by atoms with Gasteiger partial charge in [0.05, 0.1) is 0 Å². The lowest BCUT2D eigenvalue weighted by molar-refractivity contribution is 0.0477. The molecular formula is C14H27N. The normalized spacial score (nSPS) is 35.2. The molecule has 1 nitrogen and oxygen atoms in total. The Balaban J connectivity index is 1.90. The van der Waals surface area contributed by atoms with Gasteiger partial charge in [-0.3, -0.25) is 0 Å². The van der Waals surface area contributed by atoms with Crippen molar-refractivity contribution < 1.29 is 0 Å². The summed E-state index contributed by atoms with van der Waals surface area (Å²) in [5.74, 6) is 2.74. The summed E-state index contributed by atoms with van der Waals surface area (Å²) in [6.07, 6.45) is 7.36. The molecule has 0 bridgehead atoms. The highest BCUT2D eigenvalue weighted by atomic mass is 15.2. The van der Waals surface area contributed by atoms with Gasteiger partial charge < -0.3 is 4.90 Å². The molecule has 88 valence electrons. The molecule has 0 aromatic rings.